The van der Waals surface area contributed by atoms with Crippen LogP contribution in [-0.2, 0) is 0 Å². The van der Waals surface area contributed by atoms with E-state index in [9.17, 15) is 5.11 Å². The fraction of sp³-hybridized carbons (Fsp3) is 0.800. The lowest BCUT2D eigenvalue weighted by Crippen LogP contribution is -2.52. The Labute approximate surface area is 130 Å². The number of allylic oxidation sites excluding steroid dienone is 4. The molecule has 0 heterocycles. The highest BCUT2D eigenvalue weighted by atomic mass is 16.3. The third-order valence-electron chi connectivity index (χ3n) is 7.13. The largest absolute Gasteiger partial charge is 0.396 e. The molecule has 1 nitrogen and oxygen atoms in total. The van der Waals surface area contributed by atoms with Gasteiger partial charge in [0.2, 0.25) is 0 Å². The number of rotatable bonds is 1. The van der Waals surface area contributed by atoms with E-state index in [2.05, 4.69) is 33.8 Å². The van der Waals surface area contributed by atoms with E-state index in [0.717, 1.165) is 5.92 Å². The molecule has 0 aliphatic heterocycles. The molecule has 3 aliphatic rings. The fourth-order valence-electron chi connectivity index (χ4n) is 5.89. The summed E-state index contributed by atoms with van der Waals surface area (Å²) in [6.07, 6.45) is 11.5. The van der Waals surface area contributed by atoms with E-state index < -0.39 is 0 Å². The van der Waals surface area contributed by atoms with Crippen LogP contribution in [0.15, 0.2) is 22.8 Å². The minimum atomic E-state index is 0.162. The summed E-state index contributed by atoms with van der Waals surface area (Å²) in [5, 5.41) is 9.99. The molecule has 0 aromatic heterocycles. The van der Waals surface area contributed by atoms with Gasteiger partial charge in [-0.05, 0) is 80.6 Å². The zero-order valence-corrected chi connectivity index (χ0v) is 14.3. The fourth-order valence-corrected chi connectivity index (χ4v) is 5.89. The van der Waals surface area contributed by atoms with Gasteiger partial charge in [-0.3, -0.25) is 0 Å². The van der Waals surface area contributed by atoms with Gasteiger partial charge in [-0.15, -0.1) is 0 Å². The number of hydrogen-bond donors (Lipinski definition) is 1. The van der Waals surface area contributed by atoms with Crippen molar-refractivity contribution < 1.29 is 5.11 Å². The van der Waals surface area contributed by atoms with Crippen LogP contribution in [0.3, 0.4) is 0 Å². The van der Waals surface area contributed by atoms with E-state index in [1.165, 1.54) is 50.5 Å². The van der Waals surface area contributed by atoms with Crippen molar-refractivity contribution in [2.24, 2.45) is 22.7 Å². The maximum absolute atomic E-state index is 9.99. The van der Waals surface area contributed by atoms with Gasteiger partial charge in [0, 0.05) is 6.61 Å². The molecule has 4 atom stereocenters. The molecule has 3 rings (SSSR count). The predicted octanol–water partition coefficient (Wildman–Crippen LogP) is 5.26. The summed E-state index contributed by atoms with van der Waals surface area (Å²) in [4.78, 5) is 0. The molecule has 3 aliphatic carbocycles. The van der Waals surface area contributed by atoms with Crippen molar-refractivity contribution in [3.05, 3.63) is 22.8 Å². The Balaban J connectivity index is 1.96. The molecule has 0 unspecified atom stereocenters. The molecule has 0 saturated heterocycles. The minimum Gasteiger partial charge on any atom is -0.396 e. The van der Waals surface area contributed by atoms with Crippen molar-refractivity contribution in [2.45, 2.75) is 72.6 Å². The highest BCUT2D eigenvalue weighted by molar-refractivity contribution is 5.34. The summed E-state index contributed by atoms with van der Waals surface area (Å²) in [6, 6.07) is 0. The molecule has 2 fully saturated rings. The first-order valence-corrected chi connectivity index (χ1v) is 8.88. The zero-order valence-electron chi connectivity index (χ0n) is 14.3. The molecule has 118 valence electrons. The van der Waals surface area contributed by atoms with Crippen molar-refractivity contribution in [3.8, 4) is 0 Å². The van der Waals surface area contributed by atoms with Crippen LogP contribution in [0.5, 0.6) is 0 Å². The first kappa shape index (κ1) is 15.3. The average molecular weight is 288 g/mol. The van der Waals surface area contributed by atoms with Crippen molar-refractivity contribution in [2.75, 3.05) is 6.61 Å². The van der Waals surface area contributed by atoms with Crippen LogP contribution in [0.2, 0.25) is 0 Å². The van der Waals surface area contributed by atoms with Gasteiger partial charge in [0.05, 0.1) is 0 Å². The molecule has 1 heteroatoms. The first-order chi connectivity index (χ1) is 9.90. The van der Waals surface area contributed by atoms with Crippen LogP contribution < -0.4 is 0 Å². The van der Waals surface area contributed by atoms with E-state index in [0.29, 0.717) is 17.9 Å². The summed E-state index contributed by atoms with van der Waals surface area (Å²) in [5.41, 5.74) is 5.39. The topological polar surface area (TPSA) is 20.2 Å². The monoisotopic (exact) mass is 288 g/mol. The third kappa shape index (κ3) is 2.32. The van der Waals surface area contributed by atoms with Crippen molar-refractivity contribution in [1.29, 1.82) is 0 Å². The number of fused-ring (bicyclic) bond motifs is 3. The number of aliphatic hydroxyl groups excluding tert-OH is 1. The second-order valence-electron chi connectivity index (χ2n) is 8.60. The maximum atomic E-state index is 9.99. The molecule has 0 radical (unpaired) electrons. The average Bonchev–Trinajstić information content (AvgIpc) is 2.46. The second kappa shape index (κ2) is 5.26. The maximum Gasteiger partial charge on any atom is 0.0487 e. The van der Waals surface area contributed by atoms with Gasteiger partial charge < -0.3 is 5.11 Å². The third-order valence-corrected chi connectivity index (χ3v) is 7.13. The molecule has 0 bridgehead atoms. The van der Waals surface area contributed by atoms with Crippen molar-refractivity contribution in [3.63, 3.8) is 0 Å². The van der Waals surface area contributed by atoms with Crippen molar-refractivity contribution >= 4 is 0 Å². The summed E-state index contributed by atoms with van der Waals surface area (Å²) >= 11 is 0. The second-order valence-corrected chi connectivity index (χ2v) is 8.60. The van der Waals surface area contributed by atoms with Gasteiger partial charge in [0.25, 0.3) is 0 Å². The SMILES string of the molecule is CC(C)=C1C=C2CC[C@H]3[C@](C)(CO)CCC[C@]3(C)[C@H]2CC1. The van der Waals surface area contributed by atoms with Crippen LogP contribution in [-0.4, -0.2) is 11.7 Å². The Morgan fingerprint density at radius 1 is 1.19 bits per heavy atom. The quantitative estimate of drug-likeness (QED) is 0.698. The smallest absolute Gasteiger partial charge is 0.0487 e. The Bertz CT molecular complexity index is 482. The molecular formula is C20H32O. The Hall–Kier alpha value is -0.560. The van der Waals surface area contributed by atoms with Crippen LogP contribution in [0.25, 0.3) is 0 Å². The molecule has 0 aromatic carbocycles. The zero-order chi connectivity index (χ0) is 15.3. The predicted molar refractivity (Wildman–Crippen MR) is 89.1 cm³/mol. The lowest BCUT2D eigenvalue weighted by molar-refractivity contribution is -0.0867. The Kier molecular flexibility index (Phi) is 3.84. The molecule has 1 N–H and O–H groups in total. The standard InChI is InChI=1S/C20H32O/c1-14(2)15-6-8-17-16(12-15)7-9-18-19(3,13-21)10-5-11-20(17,18)4/h12,17-18,21H,5-11,13H2,1-4H3/t17-,18-,19-,20+/m0/s1. The van der Waals surface area contributed by atoms with E-state index in [1.807, 2.05) is 0 Å². The van der Waals surface area contributed by atoms with Gasteiger partial charge in [0.15, 0.2) is 0 Å². The normalized spacial score (nSPS) is 42.9. The molecular weight excluding hydrogens is 256 g/mol. The molecule has 2 saturated carbocycles. The molecule has 0 aromatic rings. The summed E-state index contributed by atoms with van der Waals surface area (Å²) in [7, 11) is 0. The van der Waals surface area contributed by atoms with Crippen molar-refractivity contribution in [1.82, 2.24) is 0 Å². The van der Waals surface area contributed by atoms with E-state index in [4.69, 9.17) is 0 Å². The van der Waals surface area contributed by atoms with Crippen LogP contribution in [0, 0.1) is 22.7 Å². The van der Waals surface area contributed by atoms with E-state index >= 15 is 0 Å². The van der Waals surface area contributed by atoms with Gasteiger partial charge in [-0.25, -0.2) is 0 Å². The van der Waals surface area contributed by atoms with Crippen LogP contribution in [0.1, 0.15) is 72.6 Å². The molecule has 0 spiro atoms. The van der Waals surface area contributed by atoms with E-state index in [1.54, 1.807) is 11.1 Å². The first-order valence-electron chi connectivity index (χ1n) is 8.88. The van der Waals surface area contributed by atoms with Gasteiger partial charge in [-0.1, -0.05) is 37.5 Å². The Morgan fingerprint density at radius 3 is 2.62 bits per heavy atom. The van der Waals surface area contributed by atoms with Crippen LogP contribution >= 0.6 is 0 Å². The highest BCUT2D eigenvalue weighted by Crippen LogP contribution is 2.63. The van der Waals surface area contributed by atoms with Crippen LogP contribution in [0.4, 0.5) is 0 Å². The van der Waals surface area contributed by atoms with Gasteiger partial charge >= 0.3 is 0 Å². The lowest BCUT2D eigenvalue weighted by Gasteiger charge is -2.59. The lowest BCUT2D eigenvalue weighted by atomic mass is 9.46. The summed E-state index contributed by atoms with van der Waals surface area (Å²) < 4.78 is 0. The molecule has 0 amide bonds. The number of aliphatic hydroxyl groups is 1. The molecule has 21 heavy (non-hydrogen) atoms. The summed E-state index contributed by atoms with van der Waals surface area (Å²) in [6.45, 7) is 9.76. The van der Waals surface area contributed by atoms with Gasteiger partial charge in [0.1, 0.15) is 0 Å². The van der Waals surface area contributed by atoms with E-state index in [-0.39, 0.29) is 5.41 Å². The summed E-state index contributed by atoms with van der Waals surface area (Å²) in [5.74, 6) is 1.48. The minimum absolute atomic E-state index is 0.162. The Morgan fingerprint density at radius 2 is 1.95 bits per heavy atom. The highest BCUT2D eigenvalue weighted by Gasteiger charge is 2.54. The number of hydrogen-bond acceptors (Lipinski definition) is 1. The van der Waals surface area contributed by atoms with Gasteiger partial charge in [-0.2, -0.15) is 0 Å².